The number of unbranched alkanes of at least 4 members (excludes halogenated alkanes) is 29. The Hall–Kier alpha value is -2.12. The fraction of sp³-hybridized carbons (Fsp3) is 0.857. The maximum atomic E-state index is 13.0. The van der Waals surface area contributed by atoms with E-state index in [4.69, 9.17) is 14.2 Å². The molecule has 1 rings (SSSR count). The second kappa shape index (κ2) is 46.3. The Morgan fingerprint density at radius 3 is 1.51 bits per heavy atom. The molecule has 1 saturated heterocycles. The van der Waals surface area contributed by atoms with Crippen molar-refractivity contribution in [3.05, 3.63) is 36.5 Å². The summed E-state index contributed by atoms with van der Waals surface area (Å²) in [5.74, 6) is -0.238. The number of nitrogens with one attached hydrogen (secondary N) is 1. The normalized spacial score (nSPS) is 19.8. The second-order valence-corrected chi connectivity index (χ2v) is 19.3. The van der Waals surface area contributed by atoms with Crippen LogP contribution in [0.3, 0.4) is 0 Å². The van der Waals surface area contributed by atoms with Gasteiger partial charge in [0.1, 0.15) is 24.4 Å². The van der Waals surface area contributed by atoms with Crippen molar-refractivity contribution >= 4 is 11.9 Å². The Bertz CT molecular complexity index is 1210. The summed E-state index contributed by atoms with van der Waals surface area (Å²) in [5.41, 5.74) is 0. The maximum absolute atomic E-state index is 13.0. The molecule has 1 fully saturated rings. The molecule has 0 aromatic heterocycles. The molecule has 11 nitrogen and oxygen atoms in total. The topological polar surface area (TPSA) is 175 Å². The van der Waals surface area contributed by atoms with Crippen molar-refractivity contribution in [3.63, 3.8) is 0 Å². The Morgan fingerprint density at radius 1 is 0.537 bits per heavy atom. The number of carbonyl (C=O) groups excluding carboxylic acids is 2. The summed E-state index contributed by atoms with van der Waals surface area (Å²) >= 11 is 0. The first-order valence-electron chi connectivity index (χ1n) is 27.8. The highest BCUT2D eigenvalue weighted by molar-refractivity contribution is 5.76. The smallest absolute Gasteiger partial charge is 0.305 e. The number of hydrogen-bond donors (Lipinski definition) is 6. The highest BCUT2D eigenvalue weighted by Gasteiger charge is 2.44. The summed E-state index contributed by atoms with van der Waals surface area (Å²) < 4.78 is 16.6. The minimum Gasteiger partial charge on any atom is -0.466 e. The number of ether oxygens (including phenoxy) is 3. The largest absolute Gasteiger partial charge is 0.466 e. The molecule has 0 spiro atoms. The third-order valence-electron chi connectivity index (χ3n) is 13.0. The van der Waals surface area contributed by atoms with Crippen LogP contribution in [0.1, 0.15) is 245 Å². The lowest BCUT2D eigenvalue weighted by atomic mass is 9.99. The van der Waals surface area contributed by atoms with Crippen LogP contribution in [0, 0.1) is 0 Å². The van der Waals surface area contributed by atoms with E-state index in [1.54, 1.807) is 6.08 Å². The summed E-state index contributed by atoms with van der Waals surface area (Å²) in [6.45, 7) is 4.22. The monoisotopic (exact) mass is 950 g/mol. The standard InChI is InChI=1S/C56H103NO10/c1-3-5-7-9-11-13-14-15-16-17-21-24-28-32-36-40-44-52(61)65-45-41-37-33-29-25-22-19-18-20-23-27-31-35-39-43-51(60)57-48(49(59)42-38-34-30-26-12-10-8-6-4-2)47-66-56-55(64)54(63)53(62)50(46-58)67-56/h12,16-17,26,38,42,48-50,53-56,58-59,62-64H,3-11,13-15,18-25,27-37,39-41,43-47H2,1-2H3,(H,57,60)/b17-16-,26-12+,42-38+. The van der Waals surface area contributed by atoms with Crippen LogP contribution in [0.15, 0.2) is 36.5 Å². The zero-order valence-corrected chi connectivity index (χ0v) is 42.9. The molecule has 0 aliphatic carbocycles. The molecule has 1 aliphatic rings. The van der Waals surface area contributed by atoms with Crippen molar-refractivity contribution in [1.29, 1.82) is 0 Å². The SMILES string of the molecule is CCCCC/C=C/CC/C=C/C(O)C(COC1OC(CO)C(O)C(O)C1O)NC(=O)CCCCCCCCCCCCCCCCOC(=O)CCCCCCC/C=C\CCCCCCCCC. The molecule has 1 aliphatic heterocycles. The quantitative estimate of drug-likeness (QED) is 0.0196. The molecule has 392 valence electrons. The Morgan fingerprint density at radius 2 is 0.970 bits per heavy atom. The average molecular weight is 950 g/mol. The molecule has 0 aromatic carbocycles. The summed E-state index contributed by atoms with van der Waals surface area (Å²) in [6.07, 6.45) is 45.3. The Balaban J connectivity index is 2.07. The van der Waals surface area contributed by atoms with Gasteiger partial charge in [-0.3, -0.25) is 9.59 Å². The van der Waals surface area contributed by atoms with Crippen molar-refractivity contribution in [2.75, 3.05) is 19.8 Å². The highest BCUT2D eigenvalue weighted by atomic mass is 16.7. The summed E-state index contributed by atoms with van der Waals surface area (Å²) in [4.78, 5) is 25.0. The van der Waals surface area contributed by atoms with E-state index in [2.05, 4.69) is 43.5 Å². The van der Waals surface area contributed by atoms with Crippen LogP contribution >= 0.6 is 0 Å². The molecule has 7 unspecified atom stereocenters. The van der Waals surface area contributed by atoms with Gasteiger partial charge in [-0.05, 0) is 70.6 Å². The number of allylic oxidation sites excluding steroid dienone is 5. The number of hydrogen-bond acceptors (Lipinski definition) is 10. The van der Waals surface area contributed by atoms with Crippen LogP contribution in [0.4, 0.5) is 0 Å². The molecule has 7 atom stereocenters. The van der Waals surface area contributed by atoms with E-state index in [-0.39, 0.29) is 18.5 Å². The van der Waals surface area contributed by atoms with Crippen molar-refractivity contribution in [1.82, 2.24) is 5.32 Å². The fourth-order valence-electron chi connectivity index (χ4n) is 8.50. The maximum Gasteiger partial charge on any atom is 0.305 e. The van der Waals surface area contributed by atoms with Crippen LogP contribution < -0.4 is 5.32 Å². The molecular formula is C56H103NO10. The van der Waals surface area contributed by atoms with Gasteiger partial charge in [0.2, 0.25) is 5.91 Å². The molecule has 11 heteroatoms. The molecule has 1 amide bonds. The predicted molar refractivity (Wildman–Crippen MR) is 274 cm³/mol. The van der Waals surface area contributed by atoms with Crippen molar-refractivity contribution in [3.8, 4) is 0 Å². The second-order valence-electron chi connectivity index (χ2n) is 19.3. The van der Waals surface area contributed by atoms with E-state index >= 15 is 0 Å². The lowest BCUT2D eigenvalue weighted by Gasteiger charge is -2.40. The van der Waals surface area contributed by atoms with Crippen molar-refractivity contribution in [2.24, 2.45) is 0 Å². The van der Waals surface area contributed by atoms with Gasteiger partial charge in [0.25, 0.3) is 0 Å². The number of aliphatic hydroxyl groups excluding tert-OH is 5. The minimum atomic E-state index is -1.58. The van der Waals surface area contributed by atoms with Gasteiger partial charge in [-0.2, -0.15) is 0 Å². The van der Waals surface area contributed by atoms with E-state index in [0.29, 0.717) is 19.4 Å². The molecule has 6 N–H and O–H groups in total. The third-order valence-corrected chi connectivity index (χ3v) is 13.0. The highest BCUT2D eigenvalue weighted by Crippen LogP contribution is 2.23. The summed E-state index contributed by atoms with van der Waals surface area (Å²) in [7, 11) is 0. The molecule has 67 heavy (non-hydrogen) atoms. The van der Waals surface area contributed by atoms with Gasteiger partial charge in [0, 0.05) is 12.8 Å². The Labute approximate surface area is 409 Å². The number of aliphatic hydroxyl groups is 5. The van der Waals surface area contributed by atoms with E-state index in [0.717, 1.165) is 70.6 Å². The van der Waals surface area contributed by atoms with E-state index in [1.165, 1.54) is 148 Å². The van der Waals surface area contributed by atoms with Crippen LogP contribution in [-0.2, 0) is 23.8 Å². The number of amides is 1. The number of rotatable bonds is 47. The van der Waals surface area contributed by atoms with Crippen LogP contribution in [0.2, 0.25) is 0 Å². The van der Waals surface area contributed by atoms with Gasteiger partial charge in [0.15, 0.2) is 6.29 Å². The van der Waals surface area contributed by atoms with Gasteiger partial charge in [-0.15, -0.1) is 0 Å². The van der Waals surface area contributed by atoms with Gasteiger partial charge in [-0.1, -0.05) is 198 Å². The molecule has 0 saturated carbocycles. The molecular weight excluding hydrogens is 847 g/mol. The number of esters is 1. The van der Waals surface area contributed by atoms with E-state index in [9.17, 15) is 35.1 Å². The first-order chi connectivity index (χ1) is 32.7. The molecule has 1 heterocycles. The van der Waals surface area contributed by atoms with Gasteiger partial charge in [0.05, 0.1) is 32.0 Å². The van der Waals surface area contributed by atoms with Crippen LogP contribution in [0.25, 0.3) is 0 Å². The van der Waals surface area contributed by atoms with Crippen LogP contribution in [-0.4, -0.2) is 100 Å². The minimum absolute atomic E-state index is 0.0318. The van der Waals surface area contributed by atoms with Crippen molar-refractivity contribution in [2.45, 2.75) is 288 Å². The zero-order valence-electron chi connectivity index (χ0n) is 42.9. The average Bonchev–Trinajstić information content (AvgIpc) is 3.32. The molecule has 0 radical (unpaired) electrons. The molecule has 0 bridgehead atoms. The summed E-state index contributed by atoms with van der Waals surface area (Å²) in [6, 6.07) is -0.834. The Kier molecular flexibility index (Phi) is 43.4. The lowest BCUT2D eigenvalue weighted by Crippen LogP contribution is -2.60. The van der Waals surface area contributed by atoms with Gasteiger partial charge < -0.3 is 45.1 Å². The predicted octanol–water partition coefficient (Wildman–Crippen LogP) is 11.9. The van der Waals surface area contributed by atoms with E-state index < -0.39 is 49.5 Å². The van der Waals surface area contributed by atoms with Gasteiger partial charge >= 0.3 is 5.97 Å². The fourth-order valence-corrected chi connectivity index (χ4v) is 8.50. The first kappa shape index (κ1) is 62.9. The van der Waals surface area contributed by atoms with Crippen LogP contribution in [0.5, 0.6) is 0 Å². The van der Waals surface area contributed by atoms with Crippen molar-refractivity contribution < 1.29 is 49.3 Å². The molecule has 0 aromatic rings. The third kappa shape index (κ3) is 36.5. The summed E-state index contributed by atoms with van der Waals surface area (Å²) in [5, 5.41) is 54.1. The first-order valence-corrected chi connectivity index (χ1v) is 27.8. The zero-order chi connectivity index (χ0) is 48.8. The lowest BCUT2D eigenvalue weighted by molar-refractivity contribution is -0.302. The van der Waals surface area contributed by atoms with Gasteiger partial charge in [-0.25, -0.2) is 0 Å². The number of carbonyl (C=O) groups is 2. The van der Waals surface area contributed by atoms with E-state index in [1.807, 2.05) is 6.08 Å².